The number of methoxy groups -OCH3 is 2. The molecule has 0 unspecified atom stereocenters. The first kappa shape index (κ1) is 16.8. The number of amides is 2. The average Bonchev–Trinajstić information content (AvgIpc) is 2.52. The lowest BCUT2D eigenvalue weighted by atomic mass is 10.2. The predicted molar refractivity (Wildman–Crippen MR) is 77.5 cm³/mol. The number of aliphatic hydroxyl groups excluding tert-OH is 1. The summed E-state index contributed by atoms with van der Waals surface area (Å²) in [6.45, 7) is 1.99. The van der Waals surface area contributed by atoms with Gasteiger partial charge in [-0.15, -0.1) is 0 Å². The molecule has 0 fully saturated rings. The van der Waals surface area contributed by atoms with Crippen molar-refractivity contribution in [1.29, 1.82) is 0 Å². The quantitative estimate of drug-likeness (QED) is 0.746. The van der Waals surface area contributed by atoms with Crippen molar-refractivity contribution in [3.8, 4) is 11.5 Å². The Morgan fingerprint density at radius 3 is 2.52 bits per heavy atom. The standard InChI is InChI=1S/C14H20N2O5/c1-4-16(7-8-17)14(19)13(18)15-11-6-5-10(20-2)9-12(11)21-3/h5-6,9,17H,4,7-8H2,1-3H3,(H,15,18). The molecule has 0 heterocycles. The van der Waals surface area contributed by atoms with Crippen molar-refractivity contribution in [2.45, 2.75) is 6.92 Å². The van der Waals surface area contributed by atoms with Gasteiger partial charge >= 0.3 is 11.8 Å². The summed E-state index contributed by atoms with van der Waals surface area (Å²) in [5.41, 5.74) is 0.372. The van der Waals surface area contributed by atoms with Crippen LogP contribution in [0.5, 0.6) is 11.5 Å². The van der Waals surface area contributed by atoms with E-state index in [9.17, 15) is 9.59 Å². The zero-order valence-electron chi connectivity index (χ0n) is 12.4. The van der Waals surface area contributed by atoms with Crippen LogP contribution in [-0.4, -0.2) is 55.7 Å². The number of rotatable bonds is 6. The van der Waals surface area contributed by atoms with Crippen molar-refractivity contribution in [2.75, 3.05) is 39.2 Å². The first-order valence-electron chi connectivity index (χ1n) is 6.50. The zero-order valence-corrected chi connectivity index (χ0v) is 12.4. The molecule has 0 atom stereocenters. The maximum absolute atomic E-state index is 11.9. The van der Waals surface area contributed by atoms with E-state index >= 15 is 0 Å². The van der Waals surface area contributed by atoms with Gasteiger partial charge in [0.15, 0.2) is 0 Å². The molecular formula is C14H20N2O5. The van der Waals surface area contributed by atoms with Crippen LogP contribution in [0.1, 0.15) is 6.92 Å². The van der Waals surface area contributed by atoms with Gasteiger partial charge < -0.3 is 24.8 Å². The van der Waals surface area contributed by atoms with Crippen LogP contribution in [0.15, 0.2) is 18.2 Å². The fourth-order valence-corrected chi connectivity index (χ4v) is 1.75. The van der Waals surface area contributed by atoms with Crippen LogP contribution in [0.3, 0.4) is 0 Å². The lowest BCUT2D eigenvalue weighted by molar-refractivity contribution is -0.143. The molecule has 0 saturated heterocycles. The largest absolute Gasteiger partial charge is 0.497 e. The molecule has 0 spiro atoms. The molecule has 21 heavy (non-hydrogen) atoms. The van der Waals surface area contributed by atoms with Crippen LogP contribution in [0.25, 0.3) is 0 Å². The van der Waals surface area contributed by atoms with Gasteiger partial charge in [-0.05, 0) is 19.1 Å². The van der Waals surface area contributed by atoms with Crippen molar-refractivity contribution < 1.29 is 24.2 Å². The van der Waals surface area contributed by atoms with E-state index in [1.807, 2.05) is 0 Å². The summed E-state index contributed by atoms with van der Waals surface area (Å²) in [5.74, 6) is -0.523. The monoisotopic (exact) mass is 296 g/mol. The van der Waals surface area contributed by atoms with E-state index in [0.717, 1.165) is 0 Å². The molecule has 0 radical (unpaired) electrons. The minimum atomic E-state index is -0.784. The molecule has 2 amide bonds. The van der Waals surface area contributed by atoms with Gasteiger partial charge in [0.1, 0.15) is 11.5 Å². The number of benzene rings is 1. The number of nitrogens with zero attached hydrogens (tertiary/aromatic N) is 1. The smallest absolute Gasteiger partial charge is 0.314 e. The highest BCUT2D eigenvalue weighted by atomic mass is 16.5. The highest BCUT2D eigenvalue weighted by Gasteiger charge is 2.21. The SMILES string of the molecule is CCN(CCO)C(=O)C(=O)Nc1ccc(OC)cc1OC. The lowest BCUT2D eigenvalue weighted by Gasteiger charge is -2.19. The predicted octanol–water partition coefficient (Wildman–Crippen LogP) is 0.483. The van der Waals surface area contributed by atoms with Crippen LogP contribution >= 0.6 is 0 Å². The van der Waals surface area contributed by atoms with Gasteiger partial charge in [-0.3, -0.25) is 9.59 Å². The Hall–Kier alpha value is -2.28. The molecule has 0 aliphatic heterocycles. The van der Waals surface area contributed by atoms with Crippen LogP contribution in [-0.2, 0) is 9.59 Å². The minimum absolute atomic E-state index is 0.114. The van der Waals surface area contributed by atoms with Gasteiger partial charge in [-0.2, -0.15) is 0 Å². The van der Waals surface area contributed by atoms with E-state index in [2.05, 4.69) is 5.32 Å². The fourth-order valence-electron chi connectivity index (χ4n) is 1.75. The molecule has 1 rings (SSSR count). The minimum Gasteiger partial charge on any atom is -0.497 e. The third kappa shape index (κ3) is 4.35. The Morgan fingerprint density at radius 1 is 1.29 bits per heavy atom. The highest BCUT2D eigenvalue weighted by Crippen LogP contribution is 2.28. The Kier molecular flexibility index (Phi) is 6.48. The number of nitrogens with one attached hydrogen (secondary N) is 1. The van der Waals surface area contributed by atoms with Crippen LogP contribution in [0.4, 0.5) is 5.69 Å². The summed E-state index contributed by atoms with van der Waals surface area (Å²) in [4.78, 5) is 25.1. The molecular weight excluding hydrogens is 276 g/mol. The number of anilines is 1. The van der Waals surface area contributed by atoms with Crippen LogP contribution < -0.4 is 14.8 Å². The van der Waals surface area contributed by atoms with Gasteiger partial charge in [-0.25, -0.2) is 0 Å². The first-order chi connectivity index (χ1) is 10.1. The van der Waals surface area contributed by atoms with E-state index in [1.54, 1.807) is 25.1 Å². The Morgan fingerprint density at radius 2 is 2.00 bits per heavy atom. The number of likely N-dealkylation sites (N-methyl/N-ethyl adjacent to an activating group) is 1. The molecule has 7 nitrogen and oxygen atoms in total. The van der Waals surface area contributed by atoms with Gasteiger partial charge in [0.2, 0.25) is 0 Å². The van der Waals surface area contributed by atoms with E-state index in [-0.39, 0.29) is 13.2 Å². The Bertz CT molecular complexity index is 504. The van der Waals surface area contributed by atoms with Crippen LogP contribution in [0.2, 0.25) is 0 Å². The van der Waals surface area contributed by atoms with Crippen LogP contribution in [0, 0.1) is 0 Å². The Labute approximate surface area is 123 Å². The number of hydrogen-bond acceptors (Lipinski definition) is 5. The van der Waals surface area contributed by atoms with Gasteiger partial charge in [-0.1, -0.05) is 0 Å². The zero-order chi connectivity index (χ0) is 15.8. The number of ether oxygens (including phenoxy) is 2. The first-order valence-corrected chi connectivity index (χ1v) is 6.50. The van der Waals surface area contributed by atoms with Gasteiger partial charge in [0.25, 0.3) is 0 Å². The molecule has 116 valence electrons. The fraction of sp³-hybridized carbons (Fsp3) is 0.429. The van der Waals surface area contributed by atoms with Crippen molar-refractivity contribution in [3.05, 3.63) is 18.2 Å². The maximum Gasteiger partial charge on any atom is 0.314 e. The van der Waals surface area contributed by atoms with Crippen molar-refractivity contribution >= 4 is 17.5 Å². The second-order valence-corrected chi connectivity index (χ2v) is 4.13. The summed E-state index contributed by atoms with van der Waals surface area (Å²) in [6.07, 6.45) is 0. The third-order valence-corrected chi connectivity index (χ3v) is 2.89. The van der Waals surface area contributed by atoms with Gasteiger partial charge in [0, 0.05) is 19.2 Å². The van der Waals surface area contributed by atoms with E-state index in [1.165, 1.54) is 19.1 Å². The second kappa shape index (κ2) is 8.11. The molecule has 2 N–H and O–H groups in total. The van der Waals surface area contributed by atoms with E-state index in [0.29, 0.717) is 23.7 Å². The number of carbonyl (C=O) groups excluding carboxylic acids is 2. The number of hydrogen-bond donors (Lipinski definition) is 2. The third-order valence-electron chi connectivity index (χ3n) is 2.89. The summed E-state index contributed by atoms with van der Waals surface area (Å²) < 4.78 is 10.2. The lowest BCUT2D eigenvalue weighted by Crippen LogP contribution is -2.41. The normalized spacial score (nSPS) is 9.90. The maximum atomic E-state index is 11.9. The number of aliphatic hydroxyl groups is 1. The molecule has 0 aliphatic rings. The molecule has 0 bridgehead atoms. The topological polar surface area (TPSA) is 88.1 Å². The number of carbonyl (C=O) groups is 2. The molecule has 0 saturated carbocycles. The van der Waals surface area contributed by atoms with Crippen molar-refractivity contribution in [2.24, 2.45) is 0 Å². The summed E-state index contributed by atoms with van der Waals surface area (Å²) in [6, 6.07) is 4.84. The van der Waals surface area contributed by atoms with Crippen molar-refractivity contribution in [3.63, 3.8) is 0 Å². The Balaban J connectivity index is 2.85. The summed E-state index contributed by atoms with van der Waals surface area (Å²) in [5, 5.41) is 11.4. The molecule has 0 aliphatic carbocycles. The van der Waals surface area contributed by atoms with E-state index in [4.69, 9.17) is 14.6 Å². The molecule has 1 aromatic rings. The van der Waals surface area contributed by atoms with E-state index < -0.39 is 11.8 Å². The summed E-state index contributed by atoms with van der Waals surface area (Å²) >= 11 is 0. The highest BCUT2D eigenvalue weighted by molar-refractivity contribution is 6.39. The molecule has 1 aromatic carbocycles. The summed E-state index contributed by atoms with van der Waals surface area (Å²) in [7, 11) is 2.97. The second-order valence-electron chi connectivity index (χ2n) is 4.13. The molecule has 0 aromatic heterocycles. The average molecular weight is 296 g/mol. The molecule has 7 heteroatoms. The van der Waals surface area contributed by atoms with Gasteiger partial charge in [0.05, 0.1) is 26.5 Å². The van der Waals surface area contributed by atoms with Crippen molar-refractivity contribution in [1.82, 2.24) is 4.90 Å².